The van der Waals surface area contributed by atoms with E-state index in [0.717, 1.165) is 52.9 Å². The van der Waals surface area contributed by atoms with E-state index in [2.05, 4.69) is 16.3 Å². The number of hydrogen-bond donors (Lipinski definition) is 2. The second kappa shape index (κ2) is 17.9. The molecule has 1 amide bonds. The van der Waals surface area contributed by atoms with Crippen molar-refractivity contribution >= 4 is 52.5 Å². The molecule has 3 aromatic rings. The van der Waals surface area contributed by atoms with Crippen molar-refractivity contribution in [2.24, 2.45) is 4.99 Å². The predicted octanol–water partition coefficient (Wildman–Crippen LogP) is 8.30. The number of nitriles is 1. The maximum Gasteiger partial charge on any atom is 0.268 e. The molecular formula is C37H46N6O2S2. The first kappa shape index (κ1) is 35.9. The van der Waals surface area contributed by atoms with E-state index in [9.17, 15) is 10.1 Å². The second-order valence-corrected chi connectivity index (χ2v) is 12.6. The number of aliphatic imine (C=N–C) groups is 1. The smallest absolute Gasteiger partial charge is 0.268 e. The molecule has 0 bridgehead atoms. The quantitative estimate of drug-likeness (QED) is 0.157. The van der Waals surface area contributed by atoms with Gasteiger partial charge in [-0.25, -0.2) is 4.99 Å². The normalized spacial score (nSPS) is 16.7. The topological polar surface area (TPSA) is 84.2 Å². The van der Waals surface area contributed by atoms with Crippen molar-refractivity contribution in [1.29, 1.82) is 5.26 Å². The molecule has 0 unspecified atom stereocenters. The number of thiol groups is 1. The molecule has 5 rings (SSSR count). The van der Waals surface area contributed by atoms with Crippen molar-refractivity contribution in [3.63, 3.8) is 0 Å². The number of hydrogen-bond acceptors (Lipinski definition) is 9. The number of anilines is 2. The van der Waals surface area contributed by atoms with Gasteiger partial charge in [-0.15, -0.1) is 12.6 Å². The van der Waals surface area contributed by atoms with E-state index in [1.165, 1.54) is 31.0 Å². The number of amidine groups is 1. The lowest BCUT2D eigenvalue weighted by Crippen LogP contribution is -2.33. The number of allylic oxidation sites excluding steroid dienone is 1. The fourth-order valence-corrected chi connectivity index (χ4v) is 6.78. The van der Waals surface area contributed by atoms with Crippen molar-refractivity contribution in [2.45, 2.75) is 58.4 Å². The Balaban J connectivity index is 0.00000245. The summed E-state index contributed by atoms with van der Waals surface area (Å²) < 4.78 is 6.15. The summed E-state index contributed by atoms with van der Waals surface area (Å²) in [6.07, 6.45) is 3.83. The molecule has 3 aromatic carbocycles. The van der Waals surface area contributed by atoms with Gasteiger partial charge in [0, 0.05) is 36.8 Å². The van der Waals surface area contributed by atoms with Crippen molar-refractivity contribution in [1.82, 2.24) is 9.80 Å². The highest BCUT2D eigenvalue weighted by Crippen LogP contribution is 2.40. The van der Waals surface area contributed by atoms with Gasteiger partial charge < -0.3 is 15.0 Å². The molecule has 0 aromatic heterocycles. The lowest BCUT2D eigenvalue weighted by molar-refractivity contribution is -0.122. The number of rotatable bonds is 11. The summed E-state index contributed by atoms with van der Waals surface area (Å²) in [4.78, 5) is 26.6. The van der Waals surface area contributed by atoms with Gasteiger partial charge in [0.2, 0.25) is 0 Å². The van der Waals surface area contributed by atoms with Crippen LogP contribution in [0.4, 0.5) is 17.1 Å². The molecule has 47 heavy (non-hydrogen) atoms. The highest BCUT2D eigenvalue weighted by Gasteiger charge is 2.36. The third kappa shape index (κ3) is 9.34. The van der Waals surface area contributed by atoms with Crippen LogP contribution in [0.25, 0.3) is 0 Å². The number of amides is 1. The summed E-state index contributed by atoms with van der Waals surface area (Å²) in [6, 6.07) is 23.3. The number of carbonyl (C=O) groups is 1. The molecule has 2 heterocycles. The number of nitrogens with one attached hydrogen (secondary N) is 1. The van der Waals surface area contributed by atoms with Crippen LogP contribution in [0.5, 0.6) is 5.75 Å². The molecule has 248 valence electrons. The first-order valence-electron chi connectivity index (χ1n) is 16.4. The van der Waals surface area contributed by atoms with Crippen LogP contribution in [0, 0.1) is 11.3 Å². The van der Waals surface area contributed by atoms with Crippen molar-refractivity contribution in [3.8, 4) is 11.8 Å². The van der Waals surface area contributed by atoms with Crippen molar-refractivity contribution < 1.29 is 9.53 Å². The van der Waals surface area contributed by atoms with Crippen LogP contribution in [-0.2, 0) is 11.3 Å². The molecule has 0 atom stereocenters. The summed E-state index contributed by atoms with van der Waals surface area (Å²) >= 11 is 6.09. The zero-order valence-corrected chi connectivity index (χ0v) is 29.8. The Morgan fingerprint density at radius 3 is 2.53 bits per heavy atom. The number of carbonyl (C=O) groups excluding carboxylic acids is 1. The zero-order chi connectivity index (χ0) is 33.8. The van der Waals surface area contributed by atoms with Crippen LogP contribution in [-0.4, -0.2) is 60.7 Å². The fourth-order valence-electron chi connectivity index (χ4n) is 5.42. The summed E-state index contributed by atoms with van der Waals surface area (Å²) in [5.41, 5.74) is 4.56. The minimum Gasteiger partial charge on any atom is -0.492 e. The first-order valence-corrected chi connectivity index (χ1v) is 17.7. The van der Waals surface area contributed by atoms with Gasteiger partial charge in [-0.3, -0.25) is 14.6 Å². The second-order valence-electron chi connectivity index (χ2n) is 11.1. The minimum absolute atomic E-state index is 0.122. The number of likely N-dealkylation sites (tertiary alicyclic amines) is 1. The van der Waals surface area contributed by atoms with Crippen LogP contribution < -0.4 is 15.0 Å². The Morgan fingerprint density at radius 1 is 1.09 bits per heavy atom. The van der Waals surface area contributed by atoms with Crippen LogP contribution in [0.2, 0.25) is 0 Å². The Morgan fingerprint density at radius 2 is 1.83 bits per heavy atom. The highest BCUT2D eigenvalue weighted by molar-refractivity contribution is 8.18. The molecule has 2 aliphatic rings. The lowest BCUT2D eigenvalue weighted by Gasteiger charge is -2.26. The Kier molecular flexibility index (Phi) is 13.7. The average Bonchev–Trinajstić information content (AvgIpc) is 3.41. The van der Waals surface area contributed by atoms with E-state index >= 15 is 0 Å². The van der Waals surface area contributed by atoms with Crippen molar-refractivity contribution in [2.75, 3.05) is 50.1 Å². The highest BCUT2D eigenvalue weighted by atomic mass is 32.2. The molecule has 10 heteroatoms. The molecule has 2 saturated heterocycles. The van der Waals surface area contributed by atoms with E-state index in [1.54, 1.807) is 17.0 Å². The van der Waals surface area contributed by atoms with Gasteiger partial charge in [-0.05, 0) is 87.4 Å². The lowest BCUT2D eigenvalue weighted by atomic mass is 10.1. The molecular weight excluding hydrogens is 625 g/mol. The van der Waals surface area contributed by atoms with Gasteiger partial charge in [0.1, 0.15) is 12.4 Å². The van der Waals surface area contributed by atoms with Crippen LogP contribution >= 0.6 is 24.4 Å². The monoisotopic (exact) mass is 670 g/mol. The summed E-state index contributed by atoms with van der Waals surface area (Å²) in [5.74, 6) is 0.652. The van der Waals surface area contributed by atoms with E-state index in [-0.39, 0.29) is 5.91 Å². The Labute approximate surface area is 289 Å². The van der Waals surface area contributed by atoms with E-state index in [1.807, 2.05) is 94.2 Å². The first-order chi connectivity index (χ1) is 22.9. The fraction of sp³-hybridized carbons (Fsp3) is 0.378. The Bertz CT molecular complexity index is 1610. The number of thioether (sulfide) groups is 1. The third-order valence-electron chi connectivity index (χ3n) is 8.02. The maximum atomic E-state index is 14.1. The molecule has 2 fully saturated rings. The van der Waals surface area contributed by atoms with Gasteiger partial charge in [-0.1, -0.05) is 50.6 Å². The van der Waals surface area contributed by atoms with Crippen LogP contribution in [0.3, 0.4) is 0 Å². The van der Waals surface area contributed by atoms with Gasteiger partial charge >= 0.3 is 0 Å². The zero-order valence-electron chi connectivity index (χ0n) is 28.1. The average molecular weight is 671 g/mol. The molecule has 0 saturated carbocycles. The summed E-state index contributed by atoms with van der Waals surface area (Å²) in [5, 5.41) is 13.4. The SMILES string of the molecule is CC.CCNc1ccc(C#N)cc1N=C1S/C(=C(\C)N(C)c2cc(OCCN3CCCCC3)ccc2S)C(=O)N1Cc1ccccc1. The molecule has 1 N–H and O–H groups in total. The standard InChI is InChI=1S/C35H40N6O2S2.C2H6/c1-4-37-29-15-13-27(23-36)21-30(29)38-35-41(24-26-11-7-5-8-12-26)34(42)33(45-35)25(2)39(3)31-22-28(14-16-32(31)44)43-20-19-40-17-9-6-10-18-40;1-2/h5,7-8,11-16,21-22,37,44H,4,6,9-10,17-20,24H2,1-3H3;1-2H3/b33-25+,38-35?;. The van der Waals surface area contributed by atoms with Crippen LogP contribution in [0.15, 0.2) is 87.2 Å². The van der Waals surface area contributed by atoms with E-state index in [0.29, 0.717) is 41.0 Å². The number of nitrogens with zero attached hydrogens (tertiary/aromatic N) is 5. The number of ether oxygens (including phenoxy) is 1. The molecule has 0 spiro atoms. The van der Waals surface area contributed by atoms with Gasteiger partial charge in [0.15, 0.2) is 5.17 Å². The largest absolute Gasteiger partial charge is 0.492 e. The molecule has 0 aliphatic carbocycles. The summed E-state index contributed by atoms with van der Waals surface area (Å²) in [6.45, 7) is 12.8. The maximum absolute atomic E-state index is 14.1. The minimum atomic E-state index is -0.122. The number of benzene rings is 3. The molecule has 0 radical (unpaired) electrons. The summed E-state index contributed by atoms with van der Waals surface area (Å²) in [7, 11) is 1.94. The van der Waals surface area contributed by atoms with Crippen molar-refractivity contribution in [3.05, 3.63) is 88.5 Å². The van der Waals surface area contributed by atoms with E-state index in [4.69, 9.17) is 22.4 Å². The molecule has 8 nitrogen and oxygen atoms in total. The van der Waals surface area contributed by atoms with Crippen LogP contribution in [0.1, 0.15) is 58.1 Å². The van der Waals surface area contributed by atoms with Gasteiger partial charge in [0.25, 0.3) is 5.91 Å². The predicted molar refractivity (Wildman–Crippen MR) is 199 cm³/mol. The number of piperidine rings is 1. The van der Waals surface area contributed by atoms with Gasteiger partial charge in [0.05, 0.1) is 40.1 Å². The third-order valence-corrected chi connectivity index (χ3v) is 9.57. The van der Waals surface area contributed by atoms with E-state index < -0.39 is 0 Å². The van der Waals surface area contributed by atoms with Gasteiger partial charge in [-0.2, -0.15) is 5.26 Å². The Hall–Kier alpha value is -3.91. The molecule has 2 aliphatic heterocycles.